The predicted octanol–water partition coefficient (Wildman–Crippen LogP) is 2.31. The SMILES string of the molecule is [C-]#[N+]c1cc(F)c(CC(=O)O)cc1C. The van der Waals surface area contributed by atoms with Gasteiger partial charge in [-0.3, -0.25) is 4.79 Å². The Morgan fingerprint density at radius 3 is 2.79 bits per heavy atom. The van der Waals surface area contributed by atoms with E-state index in [4.69, 9.17) is 11.7 Å². The second-order valence-electron chi connectivity index (χ2n) is 2.91. The van der Waals surface area contributed by atoms with Crippen LogP contribution in [0.3, 0.4) is 0 Å². The predicted molar refractivity (Wildman–Crippen MR) is 48.7 cm³/mol. The Labute approximate surface area is 80.6 Å². The number of carbonyl (C=O) groups is 1. The first kappa shape index (κ1) is 10.2. The molecule has 0 aliphatic carbocycles. The van der Waals surface area contributed by atoms with Gasteiger partial charge in [-0.15, -0.1) is 0 Å². The molecule has 0 amide bonds. The van der Waals surface area contributed by atoms with Crippen molar-refractivity contribution < 1.29 is 14.3 Å². The van der Waals surface area contributed by atoms with Crippen LogP contribution in [0.25, 0.3) is 4.85 Å². The molecule has 0 atom stereocenters. The van der Waals surface area contributed by atoms with Crippen LogP contribution in [0.5, 0.6) is 0 Å². The minimum atomic E-state index is -1.08. The summed E-state index contributed by atoms with van der Waals surface area (Å²) in [4.78, 5) is 13.5. The Balaban J connectivity index is 3.16. The molecule has 4 heteroatoms. The minimum absolute atomic E-state index is 0.113. The van der Waals surface area contributed by atoms with Crippen LogP contribution in [0, 0.1) is 19.3 Å². The third kappa shape index (κ3) is 2.07. The summed E-state index contributed by atoms with van der Waals surface area (Å²) in [6, 6.07) is 2.47. The highest BCUT2D eigenvalue weighted by Crippen LogP contribution is 2.22. The fourth-order valence-electron chi connectivity index (χ4n) is 1.15. The molecule has 0 saturated heterocycles. The number of rotatable bonds is 2. The molecule has 1 N–H and O–H groups in total. The number of halogens is 1. The average Bonchev–Trinajstić information content (AvgIpc) is 2.10. The summed E-state index contributed by atoms with van der Waals surface area (Å²) < 4.78 is 13.2. The monoisotopic (exact) mass is 193 g/mol. The van der Waals surface area contributed by atoms with Crippen molar-refractivity contribution in [3.05, 3.63) is 40.5 Å². The van der Waals surface area contributed by atoms with Crippen molar-refractivity contribution in [2.45, 2.75) is 13.3 Å². The van der Waals surface area contributed by atoms with E-state index in [0.717, 1.165) is 6.07 Å². The molecular formula is C10H8FNO2. The van der Waals surface area contributed by atoms with Crippen LogP contribution in [0.1, 0.15) is 11.1 Å². The highest BCUT2D eigenvalue weighted by molar-refractivity contribution is 5.71. The van der Waals surface area contributed by atoms with Crippen molar-refractivity contribution in [2.24, 2.45) is 0 Å². The van der Waals surface area contributed by atoms with Gasteiger partial charge in [-0.2, -0.15) is 0 Å². The molecule has 0 bridgehead atoms. The summed E-state index contributed by atoms with van der Waals surface area (Å²) in [5.41, 5.74) is 0.927. The summed E-state index contributed by atoms with van der Waals surface area (Å²) in [6.45, 7) is 8.39. The molecule has 0 radical (unpaired) electrons. The zero-order chi connectivity index (χ0) is 10.7. The Morgan fingerprint density at radius 1 is 1.64 bits per heavy atom. The Morgan fingerprint density at radius 2 is 2.29 bits per heavy atom. The van der Waals surface area contributed by atoms with Crippen LogP contribution in [0.2, 0.25) is 0 Å². The molecule has 0 aromatic heterocycles. The Bertz CT molecular complexity index is 421. The fraction of sp³-hybridized carbons (Fsp3) is 0.200. The van der Waals surface area contributed by atoms with Crippen molar-refractivity contribution in [2.75, 3.05) is 0 Å². The summed E-state index contributed by atoms with van der Waals surface area (Å²) in [5.74, 6) is -1.72. The maximum atomic E-state index is 13.2. The fourth-order valence-corrected chi connectivity index (χ4v) is 1.15. The number of carboxylic acid groups (broad SMARTS) is 1. The molecular weight excluding hydrogens is 185 g/mol. The first-order valence-electron chi connectivity index (χ1n) is 3.93. The van der Waals surface area contributed by atoms with E-state index in [0.29, 0.717) is 5.56 Å². The molecule has 0 heterocycles. The van der Waals surface area contributed by atoms with E-state index in [1.807, 2.05) is 0 Å². The van der Waals surface area contributed by atoms with E-state index in [9.17, 15) is 9.18 Å². The highest BCUT2D eigenvalue weighted by Gasteiger charge is 2.09. The quantitative estimate of drug-likeness (QED) is 0.732. The molecule has 0 aliphatic rings. The standard InChI is InChI=1S/C10H8FNO2/c1-6-3-7(4-10(13)14)8(11)5-9(6)12-2/h3,5H,4H2,1H3,(H,13,14). The summed E-state index contributed by atoms with van der Waals surface area (Å²) in [5, 5.41) is 8.48. The lowest BCUT2D eigenvalue weighted by Gasteiger charge is -2.03. The number of carboxylic acids is 1. The molecule has 0 fully saturated rings. The smallest absolute Gasteiger partial charge is 0.307 e. The topological polar surface area (TPSA) is 41.7 Å². The molecule has 72 valence electrons. The van der Waals surface area contributed by atoms with Gasteiger partial charge in [0.2, 0.25) is 0 Å². The molecule has 0 spiro atoms. The van der Waals surface area contributed by atoms with Crippen molar-refractivity contribution in [1.82, 2.24) is 0 Å². The average molecular weight is 193 g/mol. The van der Waals surface area contributed by atoms with Crippen molar-refractivity contribution >= 4 is 11.7 Å². The maximum Gasteiger partial charge on any atom is 0.307 e. The number of aryl methyl sites for hydroxylation is 1. The summed E-state index contributed by atoms with van der Waals surface area (Å²) in [6.07, 6.45) is -0.356. The lowest BCUT2D eigenvalue weighted by molar-refractivity contribution is -0.136. The number of aliphatic carboxylic acids is 1. The van der Waals surface area contributed by atoms with Gasteiger partial charge in [-0.05, 0) is 24.1 Å². The third-order valence-corrected chi connectivity index (χ3v) is 1.83. The van der Waals surface area contributed by atoms with Gasteiger partial charge < -0.3 is 5.11 Å². The van der Waals surface area contributed by atoms with Gasteiger partial charge in [-0.25, -0.2) is 9.24 Å². The van der Waals surface area contributed by atoms with Gasteiger partial charge in [0.1, 0.15) is 5.82 Å². The zero-order valence-corrected chi connectivity index (χ0v) is 7.54. The molecule has 0 saturated carbocycles. The van der Waals surface area contributed by atoms with Crippen LogP contribution in [0.4, 0.5) is 10.1 Å². The molecule has 1 rings (SSSR count). The first-order valence-corrected chi connectivity index (χ1v) is 3.93. The van der Waals surface area contributed by atoms with E-state index in [1.165, 1.54) is 6.07 Å². The van der Waals surface area contributed by atoms with Gasteiger partial charge in [0.15, 0.2) is 5.69 Å². The van der Waals surface area contributed by atoms with E-state index in [1.54, 1.807) is 6.92 Å². The van der Waals surface area contributed by atoms with E-state index in [2.05, 4.69) is 4.85 Å². The van der Waals surface area contributed by atoms with E-state index in [-0.39, 0.29) is 17.7 Å². The Kier molecular flexibility index (Phi) is 2.82. The van der Waals surface area contributed by atoms with E-state index < -0.39 is 11.8 Å². The van der Waals surface area contributed by atoms with Gasteiger partial charge in [0, 0.05) is 0 Å². The highest BCUT2D eigenvalue weighted by atomic mass is 19.1. The summed E-state index contributed by atoms with van der Waals surface area (Å²) in [7, 11) is 0. The van der Waals surface area contributed by atoms with Crippen LogP contribution >= 0.6 is 0 Å². The van der Waals surface area contributed by atoms with Crippen LogP contribution in [-0.4, -0.2) is 11.1 Å². The number of nitrogens with zero attached hydrogens (tertiary/aromatic N) is 1. The lowest BCUT2D eigenvalue weighted by Crippen LogP contribution is -2.02. The van der Waals surface area contributed by atoms with Crippen LogP contribution < -0.4 is 0 Å². The molecule has 0 unspecified atom stereocenters. The van der Waals surface area contributed by atoms with Crippen molar-refractivity contribution in [1.29, 1.82) is 0 Å². The second-order valence-corrected chi connectivity index (χ2v) is 2.91. The second kappa shape index (κ2) is 3.88. The Hall–Kier alpha value is -1.89. The molecule has 14 heavy (non-hydrogen) atoms. The number of benzene rings is 1. The lowest BCUT2D eigenvalue weighted by atomic mass is 10.1. The normalized spacial score (nSPS) is 9.50. The molecule has 0 aliphatic heterocycles. The van der Waals surface area contributed by atoms with Crippen molar-refractivity contribution in [3.63, 3.8) is 0 Å². The third-order valence-electron chi connectivity index (χ3n) is 1.83. The van der Waals surface area contributed by atoms with Crippen LogP contribution in [-0.2, 0) is 11.2 Å². The van der Waals surface area contributed by atoms with Gasteiger partial charge in [0.05, 0.1) is 13.0 Å². The minimum Gasteiger partial charge on any atom is -0.481 e. The van der Waals surface area contributed by atoms with E-state index >= 15 is 0 Å². The number of hydrogen-bond acceptors (Lipinski definition) is 1. The zero-order valence-electron chi connectivity index (χ0n) is 7.54. The van der Waals surface area contributed by atoms with Crippen LogP contribution in [0.15, 0.2) is 12.1 Å². The molecule has 1 aromatic rings. The molecule has 1 aromatic carbocycles. The van der Waals surface area contributed by atoms with Gasteiger partial charge in [-0.1, -0.05) is 6.07 Å². The van der Waals surface area contributed by atoms with Crippen molar-refractivity contribution in [3.8, 4) is 0 Å². The largest absolute Gasteiger partial charge is 0.481 e. The first-order chi connectivity index (χ1) is 6.54. The summed E-state index contributed by atoms with van der Waals surface area (Å²) >= 11 is 0. The number of hydrogen-bond donors (Lipinski definition) is 1. The molecule has 3 nitrogen and oxygen atoms in total. The maximum absolute atomic E-state index is 13.2. The van der Waals surface area contributed by atoms with Gasteiger partial charge >= 0.3 is 5.97 Å². The van der Waals surface area contributed by atoms with Gasteiger partial charge in [0.25, 0.3) is 0 Å².